The van der Waals surface area contributed by atoms with Crippen molar-refractivity contribution in [2.75, 3.05) is 41.8 Å². The first-order chi connectivity index (χ1) is 14.3. The molecule has 162 valence electrons. The molecule has 0 bridgehead atoms. The third-order valence-electron chi connectivity index (χ3n) is 5.16. The molecule has 1 fully saturated rings. The molecule has 1 N–H and O–H groups in total. The minimum Gasteiger partial charge on any atom is -0.378 e. The largest absolute Gasteiger partial charge is 0.378 e. The molecular weight excluding hydrogens is 402 g/mol. The first-order valence-corrected chi connectivity index (χ1v) is 11.9. The maximum atomic E-state index is 12.7. The van der Waals surface area contributed by atoms with Crippen LogP contribution in [0.2, 0.25) is 0 Å². The van der Waals surface area contributed by atoms with Crippen molar-refractivity contribution < 1.29 is 17.9 Å². The van der Waals surface area contributed by atoms with E-state index in [9.17, 15) is 13.2 Å². The number of rotatable bonds is 7. The van der Waals surface area contributed by atoms with Crippen LogP contribution in [0.25, 0.3) is 0 Å². The van der Waals surface area contributed by atoms with Gasteiger partial charge in [0, 0.05) is 25.3 Å². The number of sulfonamides is 1. The molecule has 1 saturated heterocycles. The summed E-state index contributed by atoms with van der Waals surface area (Å²) in [6, 6.07) is 14.2. The van der Waals surface area contributed by atoms with Crippen molar-refractivity contribution in [3.63, 3.8) is 0 Å². The number of hydrogen-bond acceptors (Lipinski definition) is 5. The number of carbonyl (C=O) groups is 1. The van der Waals surface area contributed by atoms with Crippen molar-refractivity contribution in [1.29, 1.82) is 0 Å². The van der Waals surface area contributed by atoms with Crippen LogP contribution in [0.15, 0.2) is 48.5 Å². The number of carbonyl (C=O) groups excluding carboxylic acids is 1. The van der Waals surface area contributed by atoms with Gasteiger partial charge in [-0.15, -0.1) is 0 Å². The Kier molecular flexibility index (Phi) is 6.99. The van der Waals surface area contributed by atoms with Crippen LogP contribution in [0.4, 0.5) is 11.4 Å². The van der Waals surface area contributed by atoms with E-state index in [1.54, 1.807) is 19.1 Å². The lowest BCUT2D eigenvalue weighted by Gasteiger charge is -2.29. The second kappa shape index (κ2) is 9.49. The lowest BCUT2D eigenvalue weighted by atomic mass is 10.1. The molecular formula is C22H29N3O4S. The standard InChI is InChI=1S/C22H29N3O4S/c1-17-4-8-21(9-5-17)25(30(3,27)28)18(2)22(26)23-16-19-6-10-20(11-7-19)24-12-14-29-15-13-24/h4-11,18H,12-16H2,1-3H3,(H,23,26)/t18-/m1/s1. The van der Waals surface area contributed by atoms with E-state index in [4.69, 9.17) is 4.74 Å². The van der Waals surface area contributed by atoms with Gasteiger partial charge in [-0.05, 0) is 43.7 Å². The number of benzene rings is 2. The van der Waals surface area contributed by atoms with Crippen LogP contribution >= 0.6 is 0 Å². The molecule has 3 rings (SSSR count). The number of anilines is 2. The summed E-state index contributed by atoms with van der Waals surface area (Å²) in [5, 5.41) is 2.85. The fourth-order valence-corrected chi connectivity index (χ4v) is 4.66. The van der Waals surface area contributed by atoms with Gasteiger partial charge in [-0.2, -0.15) is 0 Å². The summed E-state index contributed by atoms with van der Waals surface area (Å²) >= 11 is 0. The summed E-state index contributed by atoms with van der Waals surface area (Å²) < 4.78 is 31.2. The highest BCUT2D eigenvalue weighted by Crippen LogP contribution is 2.21. The molecule has 1 aliphatic rings. The average Bonchev–Trinajstić information content (AvgIpc) is 2.73. The number of hydrogen-bond donors (Lipinski definition) is 1. The Morgan fingerprint density at radius 1 is 1.10 bits per heavy atom. The van der Waals surface area contributed by atoms with Gasteiger partial charge in [0.2, 0.25) is 15.9 Å². The molecule has 0 radical (unpaired) electrons. The highest BCUT2D eigenvalue weighted by molar-refractivity contribution is 7.92. The summed E-state index contributed by atoms with van der Waals surface area (Å²) in [7, 11) is -3.62. The number of nitrogens with zero attached hydrogens (tertiary/aromatic N) is 2. The Morgan fingerprint density at radius 3 is 2.27 bits per heavy atom. The zero-order valence-electron chi connectivity index (χ0n) is 17.7. The van der Waals surface area contributed by atoms with Crippen molar-refractivity contribution in [3.05, 3.63) is 59.7 Å². The van der Waals surface area contributed by atoms with Gasteiger partial charge in [0.15, 0.2) is 0 Å². The zero-order valence-corrected chi connectivity index (χ0v) is 18.5. The first-order valence-electron chi connectivity index (χ1n) is 10.0. The molecule has 0 saturated carbocycles. The molecule has 1 atom stereocenters. The molecule has 2 aromatic carbocycles. The van der Waals surface area contributed by atoms with Crippen molar-refractivity contribution in [2.45, 2.75) is 26.4 Å². The zero-order chi connectivity index (χ0) is 21.7. The van der Waals surface area contributed by atoms with Gasteiger partial charge < -0.3 is 15.0 Å². The molecule has 30 heavy (non-hydrogen) atoms. The highest BCUT2D eigenvalue weighted by Gasteiger charge is 2.28. The Bertz CT molecular complexity index is 953. The molecule has 0 unspecified atom stereocenters. The van der Waals surface area contributed by atoms with Crippen LogP contribution in [-0.4, -0.2) is 52.9 Å². The third kappa shape index (κ3) is 5.52. The maximum absolute atomic E-state index is 12.7. The number of morpholine rings is 1. The van der Waals surface area contributed by atoms with Crippen molar-refractivity contribution in [3.8, 4) is 0 Å². The lowest BCUT2D eigenvalue weighted by molar-refractivity contribution is -0.122. The fraction of sp³-hybridized carbons (Fsp3) is 0.409. The van der Waals surface area contributed by atoms with Crippen LogP contribution in [0, 0.1) is 6.92 Å². The summed E-state index contributed by atoms with van der Waals surface area (Å²) in [5.41, 5.74) is 3.57. The van der Waals surface area contributed by atoms with Crippen molar-refractivity contribution >= 4 is 27.3 Å². The van der Waals surface area contributed by atoms with E-state index in [0.717, 1.165) is 53.7 Å². The summed E-state index contributed by atoms with van der Waals surface area (Å²) in [6.07, 6.45) is 1.11. The molecule has 0 aromatic heterocycles. The number of nitrogens with one attached hydrogen (secondary N) is 1. The topological polar surface area (TPSA) is 79.0 Å². The van der Waals surface area contributed by atoms with Gasteiger partial charge in [-0.3, -0.25) is 9.10 Å². The van der Waals surface area contributed by atoms with Gasteiger partial charge in [0.05, 0.1) is 25.2 Å². The predicted octanol–water partition coefficient (Wildman–Crippen LogP) is 2.30. The fourth-order valence-electron chi connectivity index (χ4n) is 3.48. The normalized spacial score (nSPS) is 15.5. The van der Waals surface area contributed by atoms with E-state index in [2.05, 4.69) is 10.2 Å². The first kappa shape index (κ1) is 22.1. The van der Waals surface area contributed by atoms with Crippen molar-refractivity contribution in [2.24, 2.45) is 0 Å². The number of ether oxygens (including phenoxy) is 1. The van der Waals surface area contributed by atoms with Crippen molar-refractivity contribution in [1.82, 2.24) is 5.32 Å². The lowest BCUT2D eigenvalue weighted by Crippen LogP contribution is -2.47. The summed E-state index contributed by atoms with van der Waals surface area (Å²) in [5.74, 6) is -0.349. The third-order valence-corrected chi connectivity index (χ3v) is 6.40. The van der Waals surface area contributed by atoms with E-state index in [1.807, 2.05) is 43.3 Å². The minimum absolute atomic E-state index is 0.331. The molecule has 7 nitrogen and oxygen atoms in total. The molecule has 0 aliphatic carbocycles. The van der Waals surface area contributed by atoms with E-state index in [0.29, 0.717) is 12.2 Å². The van der Waals surface area contributed by atoms with Gasteiger partial charge in [0.1, 0.15) is 6.04 Å². The SMILES string of the molecule is Cc1ccc(N([C@H](C)C(=O)NCc2ccc(N3CCOCC3)cc2)S(C)(=O)=O)cc1. The van der Waals surface area contributed by atoms with Gasteiger partial charge in [-0.25, -0.2) is 8.42 Å². The second-order valence-electron chi connectivity index (χ2n) is 7.55. The van der Waals surface area contributed by atoms with Crippen LogP contribution in [-0.2, 0) is 26.1 Å². The molecule has 8 heteroatoms. The van der Waals surface area contributed by atoms with E-state index < -0.39 is 16.1 Å². The van der Waals surface area contributed by atoms with Crippen LogP contribution < -0.4 is 14.5 Å². The second-order valence-corrected chi connectivity index (χ2v) is 9.41. The Labute approximate surface area is 178 Å². The molecule has 0 spiro atoms. The molecule has 1 heterocycles. The number of amides is 1. The minimum atomic E-state index is -3.62. The van der Waals surface area contributed by atoms with E-state index in [1.165, 1.54) is 0 Å². The molecule has 1 aliphatic heterocycles. The maximum Gasteiger partial charge on any atom is 0.243 e. The smallest absolute Gasteiger partial charge is 0.243 e. The van der Waals surface area contributed by atoms with E-state index >= 15 is 0 Å². The summed E-state index contributed by atoms with van der Waals surface area (Å²) in [6.45, 7) is 7.05. The van der Waals surface area contributed by atoms with Crippen LogP contribution in [0.5, 0.6) is 0 Å². The Hall–Kier alpha value is -2.58. The average molecular weight is 432 g/mol. The van der Waals surface area contributed by atoms with Crippen LogP contribution in [0.1, 0.15) is 18.1 Å². The predicted molar refractivity (Wildman–Crippen MR) is 119 cm³/mol. The summed E-state index contributed by atoms with van der Waals surface area (Å²) in [4.78, 5) is 15.0. The highest BCUT2D eigenvalue weighted by atomic mass is 32.2. The van der Waals surface area contributed by atoms with Gasteiger partial charge >= 0.3 is 0 Å². The Morgan fingerprint density at radius 2 is 1.70 bits per heavy atom. The Balaban J connectivity index is 1.64. The quantitative estimate of drug-likeness (QED) is 0.728. The molecule has 1 amide bonds. The van der Waals surface area contributed by atoms with Gasteiger partial charge in [-0.1, -0.05) is 29.8 Å². The monoisotopic (exact) mass is 431 g/mol. The number of aryl methyl sites for hydroxylation is 1. The molecule has 2 aromatic rings. The van der Waals surface area contributed by atoms with Gasteiger partial charge in [0.25, 0.3) is 0 Å². The van der Waals surface area contributed by atoms with E-state index in [-0.39, 0.29) is 5.91 Å². The van der Waals surface area contributed by atoms with Crippen LogP contribution in [0.3, 0.4) is 0 Å².